The predicted octanol–water partition coefficient (Wildman–Crippen LogP) is 2.51. The molecule has 1 N–H and O–H groups in total. The molecule has 26 heavy (non-hydrogen) atoms. The lowest BCUT2D eigenvalue weighted by Gasteiger charge is -2.18. The van der Waals surface area contributed by atoms with Crippen LogP contribution in [0.3, 0.4) is 0 Å². The maximum atomic E-state index is 12.9. The summed E-state index contributed by atoms with van der Waals surface area (Å²) in [5.74, 6) is 0.123. The highest BCUT2D eigenvalue weighted by Crippen LogP contribution is 2.40. The van der Waals surface area contributed by atoms with Crippen LogP contribution in [-0.2, 0) is 11.3 Å². The lowest BCUT2D eigenvalue weighted by atomic mass is 9.93. The Morgan fingerprint density at radius 1 is 1.19 bits per heavy atom. The molecule has 0 saturated carbocycles. The van der Waals surface area contributed by atoms with Gasteiger partial charge in [0.2, 0.25) is 5.91 Å². The first-order chi connectivity index (χ1) is 12.6. The number of aliphatic hydroxyl groups excluding tert-OH is 1. The summed E-state index contributed by atoms with van der Waals surface area (Å²) in [7, 11) is 0. The zero-order valence-corrected chi connectivity index (χ0v) is 14.5. The number of carbonyl (C=O) groups is 1. The maximum absolute atomic E-state index is 12.9. The summed E-state index contributed by atoms with van der Waals surface area (Å²) in [4.78, 5) is 14.7. The van der Waals surface area contributed by atoms with Crippen LogP contribution in [0.15, 0.2) is 60.8 Å². The van der Waals surface area contributed by atoms with E-state index in [2.05, 4.69) is 28.5 Å². The monoisotopic (exact) mass is 348 g/mol. The van der Waals surface area contributed by atoms with Crippen LogP contribution < -0.4 is 4.90 Å². The van der Waals surface area contributed by atoms with Crippen molar-refractivity contribution < 1.29 is 9.90 Å². The molecular formula is C20H20N4O2. The molecule has 6 nitrogen and oxygen atoms in total. The number of aromatic nitrogens is 3. The minimum absolute atomic E-state index is 0.0436. The Bertz CT molecular complexity index is 920. The summed E-state index contributed by atoms with van der Waals surface area (Å²) >= 11 is 0. The van der Waals surface area contributed by atoms with Gasteiger partial charge in [-0.1, -0.05) is 53.7 Å². The smallest absolute Gasteiger partial charge is 0.248 e. The minimum Gasteiger partial charge on any atom is -0.387 e. The van der Waals surface area contributed by atoms with E-state index in [0.29, 0.717) is 12.2 Å². The maximum Gasteiger partial charge on any atom is 0.248 e. The Hall–Kier alpha value is -2.99. The van der Waals surface area contributed by atoms with Gasteiger partial charge in [-0.3, -0.25) is 4.79 Å². The van der Waals surface area contributed by atoms with Crippen molar-refractivity contribution in [2.75, 3.05) is 11.4 Å². The summed E-state index contributed by atoms with van der Waals surface area (Å²) < 4.78 is 1.48. The van der Waals surface area contributed by atoms with E-state index in [0.717, 1.165) is 11.3 Å². The van der Waals surface area contributed by atoms with Crippen LogP contribution in [0.1, 0.15) is 35.8 Å². The first-order valence-electron chi connectivity index (χ1n) is 8.66. The molecule has 1 aliphatic rings. The number of anilines is 1. The number of carbonyl (C=O) groups excluding carboxylic acids is 1. The zero-order chi connectivity index (χ0) is 18.1. The van der Waals surface area contributed by atoms with E-state index in [9.17, 15) is 9.90 Å². The highest BCUT2D eigenvalue weighted by atomic mass is 16.3. The average molecular weight is 348 g/mol. The molecule has 4 rings (SSSR count). The molecule has 2 heterocycles. The van der Waals surface area contributed by atoms with Gasteiger partial charge in [0.1, 0.15) is 12.2 Å². The molecule has 6 heteroatoms. The van der Waals surface area contributed by atoms with E-state index in [-0.39, 0.29) is 18.4 Å². The Labute approximate surface area is 151 Å². The summed E-state index contributed by atoms with van der Waals surface area (Å²) in [6.45, 7) is 2.33. The molecule has 0 aliphatic carbocycles. The average Bonchev–Trinajstić information content (AvgIpc) is 3.27. The number of amides is 1. The quantitative estimate of drug-likeness (QED) is 0.786. The topological polar surface area (TPSA) is 71.2 Å². The van der Waals surface area contributed by atoms with Gasteiger partial charge in [-0.25, -0.2) is 4.68 Å². The molecule has 1 aromatic heterocycles. The third-order valence-electron chi connectivity index (χ3n) is 4.75. The van der Waals surface area contributed by atoms with Crippen molar-refractivity contribution in [3.8, 4) is 0 Å². The minimum atomic E-state index is -0.700. The van der Waals surface area contributed by atoms with Gasteiger partial charge in [0.05, 0.1) is 12.3 Å². The van der Waals surface area contributed by atoms with Gasteiger partial charge < -0.3 is 10.0 Å². The van der Waals surface area contributed by atoms with Gasteiger partial charge >= 0.3 is 0 Å². The van der Waals surface area contributed by atoms with Crippen LogP contribution in [-0.4, -0.2) is 32.6 Å². The number of hydrogen-bond acceptors (Lipinski definition) is 4. The first-order valence-corrected chi connectivity index (χ1v) is 8.66. The number of nitrogens with zero attached hydrogens (tertiary/aromatic N) is 4. The molecule has 1 amide bonds. The lowest BCUT2D eigenvalue weighted by Crippen LogP contribution is -2.33. The Morgan fingerprint density at radius 2 is 1.92 bits per heavy atom. The first kappa shape index (κ1) is 16.5. The molecule has 1 aliphatic heterocycles. The van der Waals surface area contributed by atoms with Crippen LogP contribution in [0.25, 0.3) is 0 Å². The molecular weight excluding hydrogens is 328 g/mol. The van der Waals surface area contributed by atoms with Crippen molar-refractivity contribution >= 4 is 11.6 Å². The van der Waals surface area contributed by atoms with Gasteiger partial charge in [0.25, 0.3) is 0 Å². The fraction of sp³-hybridized carbons (Fsp3) is 0.250. The second kappa shape index (κ2) is 6.72. The van der Waals surface area contributed by atoms with Crippen LogP contribution >= 0.6 is 0 Å². The van der Waals surface area contributed by atoms with E-state index >= 15 is 0 Å². The Balaban J connectivity index is 1.59. The fourth-order valence-electron chi connectivity index (χ4n) is 3.42. The summed E-state index contributed by atoms with van der Waals surface area (Å²) in [6.07, 6.45) is 0.910. The fourth-order valence-corrected chi connectivity index (χ4v) is 3.42. The van der Waals surface area contributed by atoms with Gasteiger partial charge in [0.15, 0.2) is 0 Å². The van der Waals surface area contributed by atoms with E-state index in [1.165, 1.54) is 10.2 Å². The molecule has 132 valence electrons. The summed E-state index contributed by atoms with van der Waals surface area (Å²) in [5.41, 5.74) is 3.77. The van der Waals surface area contributed by atoms with E-state index in [4.69, 9.17) is 0 Å². The van der Waals surface area contributed by atoms with Crippen molar-refractivity contribution in [1.29, 1.82) is 0 Å². The number of aliphatic hydroxyl groups is 1. The van der Waals surface area contributed by atoms with Crippen LogP contribution in [0.5, 0.6) is 0 Å². The molecule has 0 bridgehead atoms. The molecule has 3 aromatic rings. The van der Waals surface area contributed by atoms with Crippen molar-refractivity contribution in [3.05, 3.63) is 77.6 Å². The molecule has 0 fully saturated rings. The van der Waals surface area contributed by atoms with Crippen molar-refractivity contribution in [2.45, 2.75) is 25.5 Å². The van der Waals surface area contributed by atoms with Gasteiger partial charge in [-0.15, -0.1) is 5.10 Å². The Morgan fingerprint density at radius 3 is 2.65 bits per heavy atom. The normalized spacial score (nSPS) is 17.2. The highest BCUT2D eigenvalue weighted by molar-refractivity contribution is 5.96. The van der Waals surface area contributed by atoms with Crippen molar-refractivity contribution in [3.63, 3.8) is 0 Å². The van der Waals surface area contributed by atoms with Crippen LogP contribution in [0, 0.1) is 0 Å². The standard InChI is InChI=1S/C20H20N4O2/c1-14(25)18-12-23(22-21-18)13-20(26)24-11-17(15-7-3-2-4-8-15)16-9-5-6-10-19(16)24/h2-10,12,14,17,25H,11,13H2,1H3/t14-,17-/m1/s1. The second-order valence-corrected chi connectivity index (χ2v) is 6.54. The highest BCUT2D eigenvalue weighted by Gasteiger charge is 2.33. The van der Waals surface area contributed by atoms with Crippen molar-refractivity contribution in [1.82, 2.24) is 15.0 Å². The lowest BCUT2D eigenvalue weighted by molar-refractivity contribution is -0.119. The summed E-state index contributed by atoms with van der Waals surface area (Å²) in [6, 6.07) is 18.3. The van der Waals surface area contributed by atoms with Crippen LogP contribution in [0.4, 0.5) is 5.69 Å². The molecule has 2 atom stereocenters. The number of hydrogen-bond donors (Lipinski definition) is 1. The van der Waals surface area contributed by atoms with Crippen molar-refractivity contribution in [2.24, 2.45) is 0 Å². The largest absolute Gasteiger partial charge is 0.387 e. The third-order valence-corrected chi connectivity index (χ3v) is 4.75. The zero-order valence-electron chi connectivity index (χ0n) is 14.5. The molecule has 0 radical (unpaired) electrons. The number of benzene rings is 2. The number of para-hydroxylation sites is 1. The SMILES string of the molecule is C[C@@H](O)c1cn(CC(=O)N2C[C@H](c3ccccc3)c3ccccc32)nn1. The molecule has 2 aromatic carbocycles. The molecule has 0 unspecified atom stereocenters. The Kier molecular flexibility index (Phi) is 4.26. The van der Waals surface area contributed by atoms with Gasteiger partial charge in [-0.05, 0) is 24.1 Å². The predicted molar refractivity (Wildman–Crippen MR) is 97.7 cm³/mol. The second-order valence-electron chi connectivity index (χ2n) is 6.54. The number of rotatable bonds is 4. The van der Waals surface area contributed by atoms with E-state index < -0.39 is 6.10 Å². The van der Waals surface area contributed by atoms with Gasteiger partial charge in [-0.2, -0.15) is 0 Å². The van der Waals surface area contributed by atoms with E-state index in [1.54, 1.807) is 13.1 Å². The molecule has 0 saturated heterocycles. The van der Waals surface area contributed by atoms with E-state index in [1.807, 2.05) is 41.3 Å². The number of fused-ring (bicyclic) bond motifs is 1. The third kappa shape index (κ3) is 2.99. The summed E-state index contributed by atoms with van der Waals surface area (Å²) in [5, 5.41) is 17.4. The molecule has 0 spiro atoms. The van der Waals surface area contributed by atoms with Gasteiger partial charge in [0, 0.05) is 18.2 Å². The van der Waals surface area contributed by atoms with Crippen LogP contribution in [0.2, 0.25) is 0 Å².